The number of nitrogens with zero attached hydrogens (tertiary/aromatic N) is 4. The normalized spacial score (nSPS) is 11.0. The van der Waals surface area contributed by atoms with Crippen molar-refractivity contribution in [1.82, 2.24) is 25.5 Å². The Labute approximate surface area is 113 Å². The van der Waals surface area contributed by atoms with Crippen LogP contribution >= 0.6 is 11.8 Å². The number of hydrogen-bond donors (Lipinski definition) is 1. The van der Waals surface area contributed by atoms with Crippen LogP contribution in [0.1, 0.15) is 26.7 Å². The van der Waals surface area contributed by atoms with Crippen LogP contribution < -0.4 is 5.32 Å². The minimum Gasteiger partial charge on any atom is -0.381 e. The van der Waals surface area contributed by atoms with Gasteiger partial charge in [-0.1, -0.05) is 25.6 Å². The van der Waals surface area contributed by atoms with Crippen molar-refractivity contribution in [3.05, 3.63) is 0 Å². The number of aromatic nitrogens is 4. The summed E-state index contributed by atoms with van der Waals surface area (Å²) in [6.45, 7) is 8.59. The summed E-state index contributed by atoms with van der Waals surface area (Å²) >= 11 is 1.64. The zero-order chi connectivity index (χ0) is 13.1. The maximum absolute atomic E-state index is 5.42. The fraction of sp³-hybridized carbons (Fsp3) is 0.909. The molecule has 0 saturated heterocycles. The summed E-state index contributed by atoms with van der Waals surface area (Å²) in [4.78, 5) is 0. The number of nitrogens with one attached hydrogen (secondary N) is 1. The fourth-order valence-corrected chi connectivity index (χ4v) is 2.12. The molecule has 7 heteroatoms. The van der Waals surface area contributed by atoms with Gasteiger partial charge in [0.05, 0.1) is 13.2 Å². The summed E-state index contributed by atoms with van der Waals surface area (Å²) in [6, 6.07) is 0. The van der Waals surface area contributed by atoms with Crippen LogP contribution in [0.4, 0.5) is 0 Å². The molecule has 0 amide bonds. The van der Waals surface area contributed by atoms with Gasteiger partial charge in [0.2, 0.25) is 5.16 Å². The Kier molecular flexibility index (Phi) is 8.79. The van der Waals surface area contributed by atoms with E-state index in [0.29, 0.717) is 0 Å². The van der Waals surface area contributed by atoms with E-state index in [-0.39, 0.29) is 0 Å². The first-order valence-electron chi connectivity index (χ1n) is 6.55. The van der Waals surface area contributed by atoms with Gasteiger partial charge >= 0.3 is 0 Å². The molecule has 1 aromatic heterocycles. The standard InChI is InChI=1S/C11H23N5OS/c1-3-5-12-6-7-16-11(13-14-15-16)18-10-9-17-8-4-2/h12H,3-10H2,1-2H3. The Morgan fingerprint density at radius 2 is 2.11 bits per heavy atom. The van der Waals surface area contributed by atoms with E-state index in [1.807, 2.05) is 4.68 Å². The molecule has 0 aliphatic rings. The van der Waals surface area contributed by atoms with E-state index in [4.69, 9.17) is 4.74 Å². The van der Waals surface area contributed by atoms with Crippen molar-refractivity contribution in [2.75, 3.05) is 32.1 Å². The second-order valence-corrected chi connectivity index (χ2v) is 4.96. The van der Waals surface area contributed by atoms with Crippen molar-refractivity contribution in [2.45, 2.75) is 38.4 Å². The maximum atomic E-state index is 5.42. The van der Waals surface area contributed by atoms with Crippen molar-refractivity contribution in [1.29, 1.82) is 0 Å². The van der Waals surface area contributed by atoms with Gasteiger partial charge in [-0.25, -0.2) is 4.68 Å². The molecule has 0 aliphatic heterocycles. The first-order chi connectivity index (χ1) is 8.88. The molecule has 1 aromatic rings. The van der Waals surface area contributed by atoms with E-state index in [0.717, 1.165) is 56.6 Å². The molecule has 0 radical (unpaired) electrons. The first kappa shape index (κ1) is 15.4. The van der Waals surface area contributed by atoms with Gasteiger partial charge in [-0.05, 0) is 29.8 Å². The SMILES string of the molecule is CCCNCCn1nnnc1SCCOCCC. The Bertz CT molecular complexity index is 307. The zero-order valence-corrected chi connectivity index (χ0v) is 12.1. The Morgan fingerprint density at radius 3 is 2.89 bits per heavy atom. The van der Waals surface area contributed by atoms with Gasteiger partial charge in [-0.15, -0.1) is 5.10 Å². The lowest BCUT2D eigenvalue weighted by atomic mass is 10.5. The number of ether oxygens (including phenoxy) is 1. The average molecular weight is 273 g/mol. The van der Waals surface area contributed by atoms with Crippen molar-refractivity contribution in [3.8, 4) is 0 Å². The summed E-state index contributed by atoms with van der Waals surface area (Å²) in [5, 5.41) is 15.9. The largest absolute Gasteiger partial charge is 0.381 e. The average Bonchev–Trinajstić information content (AvgIpc) is 2.82. The summed E-state index contributed by atoms with van der Waals surface area (Å²) < 4.78 is 7.26. The third-order valence-electron chi connectivity index (χ3n) is 2.23. The molecular weight excluding hydrogens is 250 g/mol. The van der Waals surface area contributed by atoms with E-state index < -0.39 is 0 Å². The monoisotopic (exact) mass is 273 g/mol. The third kappa shape index (κ3) is 6.32. The molecular formula is C11H23N5OS. The predicted molar refractivity (Wildman–Crippen MR) is 72.8 cm³/mol. The molecule has 0 unspecified atom stereocenters. The van der Waals surface area contributed by atoms with E-state index >= 15 is 0 Å². The molecule has 104 valence electrons. The van der Waals surface area contributed by atoms with Gasteiger partial charge in [0.15, 0.2) is 0 Å². The molecule has 1 N–H and O–H groups in total. The fourth-order valence-electron chi connectivity index (χ4n) is 1.37. The highest BCUT2D eigenvalue weighted by Crippen LogP contribution is 2.12. The van der Waals surface area contributed by atoms with E-state index in [1.165, 1.54) is 0 Å². The molecule has 0 aromatic carbocycles. The molecule has 18 heavy (non-hydrogen) atoms. The van der Waals surface area contributed by atoms with Gasteiger partial charge in [0, 0.05) is 18.9 Å². The molecule has 0 bridgehead atoms. The highest BCUT2D eigenvalue weighted by Gasteiger charge is 2.05. The lowest BCUT2D eigenvalue weighted by Crippen LogP contribution is -2.21. The lowest BCUT2D eigenvalue weighted by molar-refractivity contribution is 0.151. The van der Waals surface area contributed by atoms with Gasteiger partial charge in [-0.2, -0.15) is 0 Å². The molecule has 1 heterocycles. The number of rotatable bonds is 11. The van der Waals surface area contributed by atoms with Crippen molar-refractivity contribution < 1.29 is 4.74 Å². The molecule has 1 rings (SSSR count). The minimum atomic E-state index is 0.749. The van der Waals surface area contributed by atoms with Crippen molar-refractivity contribution >= 4 is 11.8 Å². The summed E-state index contributed by atoms with van der Waals surface area (Å²) in [6.07, 6.45) is 2.21. The molecule has 0 fully saturated rings. The minimum absolute atomic E-state index is 0.749. The lowest BCUT2D eigenvalue weighted by Gasteiger charge is -2.05. The zero-order valence-electron chi connectivity index (χ0n) is 11.3. The van der Waals surface area contributed by atoms with Crippen LogP contribution in [0, 0.1) is 0 Å². The van der Waals surface area contributed by atoms with Gasteiger partial charge in [0.25, 0.3) is 0 Å². The van der Waals surface area contributed by atoms with Crippen LogP contribution in [0.5, 0.6) is 0 Å². The number of hydrogen-bond acceptors (Lipinski definition) is 6. The Balaban J connectivity index is 2.18. The molecule has 6 nitrogen and oxygen atoms in total. The second kappa shape index (κ2) is 10.3. The van der Waals surface area contributed by atoms with E-state index in [1.54, 1.807) is 11.8 Å². The van der Waals surface area contributed by atoms with Gasteiger partial charge in [0.1, 0.15) is 0 Å². The smallest absolute Gasteiger partial charge is 0.209 e. The van der Waals surface area contributed by atoms with Crippen LogP contribution in [0.25, 0.3) is 0 Å². The molecule has 0 spiro atoms. The highest BCUT2D eigenvalue weighted by atomic mass is 32.2. The second-order valence-electron chi connectivity index (χ2n) is 3.90. The van der Waals surface area contributed by atoms with E-state index in [2.05, 4.69) is 34.7 Å². The van der Waals surface area contributed by atoms with Crippen LogP contribution in [0.2, 0.25) is 0 Å². The molecule has 0 atom stereocenters. The topological polar surface area (TPSA) is 64.9 Å². The quantitative estimate of drug-likeness (QED) is 0.483. The van der Waals surface area contributed by atoms with E-state index in [9.17, 15) is 0 Å². The molecule has 0 aliphatic carbocycles. The summed E-state index contributed by atoms with van der Waals surface area (Å²) in [7, 11) is 0. The predicted octanol–water partition coefficient (Wildman–Crippen LogP) is 1.19. The van der Waals surface area contributed by atoms with Crippen molar-refractivity contribution in [3.63, 3.8) is 0 Å². The van der Waals surface area contributed by atoms with Crippen LogP contribution in [-0.4, -0.2) is 52.3 Å². The molecule has 0 saturated carbocycles. The maximum Gasteiger partial charge on any atom is 0.209 e. The number of thioether (sulfide) groups is 1. The van der Waals surface area contributed by atoms with Crippen LogP contribution in [0.3, 0.4) is 0 Å². The highest BCUT2D eigenvalue weighted by molar-refractivity contribution is 7.99. The van der Waals surface area contributed by atoms with Crippen LogP contribution in [0.15, 0.2) is 5.16 Å². The van der Waals surface area contributed by atoms with Crippen molar-refractivity contribution in [2.24, 2.45) is 0 Å². The summed E-state index contributed by atoms with van der Waals surface area (Å²) in [5.74, 6) is 0.892. The Morgan fingerprint density at radius 1 is 1.22 bits per heavy atom. The number of tetrazole rings is 1. The summed E-state index contributed by atoms with van der Waals surface area (Å²) in [5.41, 5.74) is 0. The first-order valence-corrected chi connectivity index (χ1v) is 7.54. The van der Waals surface area contributed by atoms with Gasteiger partial charge < -0.3 is 10.1 Å². The Hall–Kier alpha value is -0.660. The van der Waals surface area contributed by atoms with Crippen LogP contribution in [-0.2, 0) is 11.3 Å². The van der Waals surface area contributed by atoms with Gasteiger partial charge in [-0.3, -0.25) is 0 Å². The third-order valence-corrected chi connectivity index (χ3v) is 3.15.